The number of nitrogens with zero attached hydrogens (tertiary/aromatic N) is 2. The predicted molar refractivity (Wildman–Crippen MR) is 109 cm³/mol. The molecule has 0 radical (unpaired) electrons. The number of hydrogen-bond acceptors (Lipinski definition) is 5. The Labute approximate surface area is 172 Å². The van der Waals surface area contributed by atoms with Crippen LogP contribution in [0.15, 0.2) is 42.7 Å². The summed E-state index contributed by atoms with van der Waals surface area (Å²) >= 11 is 0. The van der Waals surface area contributed by atoms with Crippen LogP contribution in [0.5, 0.6) is 11.5 Å². The van der Waals surface area contributed by atoms with Gasteiger partial charge in [-0.15, -0.1) is 0 Å². The summed E-state index contributed by atoms with van der Waals surface area (Å²) < 4.78 is 38.6. The number of benzene rings is 2. The van der Waals surface area contributed by atoms with Crippen LogP contribution < -0.4 is 14.8 Å². The molecule has 0 atom stereocenters. The van der Waals surface area contributed by atoms with Crippen molar-refractivity contribution in [1.29, 1.82) is 0 Å². The fourth-order valence-electron chi connectivity index (χ4n) is 2.89. The van der Waals surface area contributed by atoms with Crippen molar-refractivity contribution in [3.8, 4) is 22.8 Å². The van der Waals surface area contributed by atoms with Crippen LogP contribution >= 0.6 is 0 Å². The molecule has 2 aromatic carbocycles. The van der Waals surface area contributed by atoms with Crippen LogP contribution in [-0.2, 0) is 0 Å². The van der Waals surface area contributed by atoms with Crippen molar-refractivity contribution in [2.45, 2.75) is 20.8 Å². The zero-order chi connectivity index (χ0) is 21.7. The molecule has 1 aliphatic heterocycles. The Kier molecular flexibility index (Phi) is 6.56. The second kappa shape index (κ2) is 9.30. The van der Waals surface area contributed by atoms with Gasteiger partial charge in [-0.05, 0) is 36.8 Å². The first-order chi connectivity index (χ1) is 14.5. The Bertz CT molecular complexity index is 1040. The zero-order valence-corrected chi connectivity index (χ0v) is 16.8. The van der Waals surface area contributed by atoms with E-state index >= 15 is 0 Å². The highest BCUT2D eigenvalue weighted by Crippen LogP contribution is 2.36. The van der Waals surface area contributed by atoms with Gasteiger partial charge < -0.3 is 14.8 Å². The second-order valence-corrected chi connectivity index (χ2v) is 6.15. The Balaban J connectivity index is 0.00000124. The molecule has 156 valence electrons. The fraction of sp³-hybridized carbons (Fsp3) is 0.227. The molecule has 0 unspecified atom stereocenters. The molecule has 0 spiro atoms. The van der Waals surface area contributed by atoms with E-state index in [1.807, 2.05) is 32.9 Å². The lowest BCUT2D eigenvalue weighted by Gasteiger charge is -2.20. The van der Waals surface area contributed by atoms with Crippen LogP contribution in [-0.4, -0.2) is 29.1 Å². The van der Waals surface area contributed by atoms with E-state index in [1.54, 1.807) is 0 Å². The largest absolute Gasteiger partial charge is 0.486 e. The number of anilines is 1. The standard InChI is InChI=1S/C20H15F2N3O3.C2H6/c1-11-7-16-17(28-6-5-27-16)8-12(11)15-9-24-18(10-23-15)25-20(26)19-13(21)3-2-4-14(19)22;1-2/h2-4,7-10H,5-6H2,1H3,(H,24,25,26);1-2H3. The summed E-state index contributed by atoms with van der Waals surface area (Å²) in [6, 6.07) is 6.89. The molecule has 1 amide bonds. The van der Waals surface area contributed by atoms with Crippen molar-refractivity contribution in [3.05, 3.63) is 65.5 Å². The minimum absolute atomic E-state index is 0.0756. The molecule has 0 fully saturated rings. The normalized spacial score (nSPS) is 11.9. The highest BCUT2D eigenvalue weighted by atomic mass is 19.1. The lowest BCUT2D eigenvalue weighted by Crippen LogP contribution is -2.17. The molecule has 0 saturated carbocycles. The third-order valence-electron chi connectivity index (χ3n) is 4.25. The first-order valence-electron chi connectivity index (χ1n) is 9.51. The van der Waals surface area contributed by atoms with Crippen LogP contribution in [0.4, 0.5) is 14.6 Å². The van der Waals surface area contributed by atoms with Gasteiger partial charge in [0.25, 0.3) is 5.91 Å². The maximum atomic E-state index is 13.7. The molecule has 4 rings (SSSR count). The van der Waals surface area contributed by atoms with Gasteiger partial charge in [0, 0.05) is 5.56 Å². The topological polar surface area (TPSA) is 73.3 Å². The average Bonchev–Trinajstić information content (AvgIpc) is 2.75. The first kappa shape index (κ1) is 21.2. The summed E-state index contributed by atoms with van der Waals surface area (Å²) in [5, 5.41) is 2.35. The van der Waals surface area contributed by atoms with Gasteiger partial charge in [0.15, 0.2) is 17.3 Å². The number of fused-ring (bicyclic) bond motifs is 1. The second-order valence-electron chi connectivity index (χ2n) is 6.15. The number of nitrogens with one attached hydrogen (secondary N) is 1. The van der Waals surface area contributed by atoms with Crippen LogP contribution in [0, 0.1) is 18.6 Å². The summed E-state index contributed by atoms with van der Waals surface area (Å²) in [5.41, 5.74) is 1.61. The smallest absolute Gasteiger partial charge is 0.262 e. The molecule has 1 aromatic heterocycles. The van der Waals surface area contributed by atoms with E-state index in [2.05, 4.69) is 15.3 Å². The van der Waals surface area contributed by atoms with E-state index in [1.165, 1.54) is 18.5 Å². The number of hydrogen-bond donors (Lipinski definition) is 1. The number of aromatic nitrogens is 2. The Morgan fingerprint density at radius 2 is 1.63 bits per heavy atom. The van der Waals surface area contributed by atoms with Crippen LogP contribution in [0.2, 0.25) is 0 Å². The van der Waals surface area contributed by atoms with Crippen molar-refractivity contribution < 1.29 is 23.0 Å². The van der Waals surface area contributed by atoms with Gasteiger partial charge >= 0.3 is 0 Å². The number of halogens is 2. The van der Waals surface area contributed by atoms with Gasteiger partial charge in [-0.25, -0.2) is 13.8 Å². The van der Waals surface area contributed by atoms with Crippen molar-refractivity contribution in [2.24, 2.45) is 0 Å². The van der Waals surface area contributed by atoms with E-state index < -0.39 is 23.1 Å². The molecule has 0 bridgehead atoms. The quantitative estimate of drug-likeness (QED) is 0.669. The Morgan fingerprint density at radius 3 is 2.23 bits per heavy atom. The zero-order valence-electron chi connectivity index (χ0n) is 16.8. The summed E-state index contributed by atoms with van der Waals surface area (Å²) in [7, 11) is 0. The molecule has 0 saturated heterocycles. The minimum Gasteiger partial charge on any atom is -0.486 e. The third kappa shape index (κ3) is 4.37. The SMILES string of the molecule is CC.Cc1cc2c(cc1-c1cnc(NC(=O)c3c(F)cccc3F)cn1)OCCO2. The number of rotatable bonds is 3. The molecule has 0 aliphatic carbocycles. The lowest BCUT2D eigenvalue weighted by atomic mass is 10.0. The van der Waals surface area contributed by atoms with E-state index in [9.17, 15) is 13.6 Å². The molecular weight excluding hydrogens is 392 g/mol. The third-order valence-corrected chi connectivity index (χ3v) is 4.25. The van der Waals surface area contributed by atoms with Crippen LogP contribution in [0.1, 0.15) is 29.8 Å². The first-order valence-corrected chi connectivity index (χ1v) is 9.51. The number of carbonyl (C=O) groups is 1. The molecule has 1 aliphatic rings. The lowest BCUT2D eigenvalue weighted by molar-refractivity contribution is 0.101. The van der Waals surface area contributed by atoms with Crippen molar-refractivity contribution >= 4 is 11.7 Å². The Hall–Kier alpha value is -3.55. The molecule has 3 aromatic rings. The Morgan fingerprint density at radius 1 is 1.00 bits per heavy atom. The minimum atomic E-state index is -0.950. The summed E-state index contributed by atoms with van der Waals surface area (Å²) in [5.74, 6) is -1.46. The van der Waals surface area contributed by atoms with Crippen molar-refractivity contribution in [1.82, 2.24) is 9.97 Å². The molecule has 6 nitrogen and oxygen atoms in total. The van der Waals surface area contributed by atoms with Crippen molar-refractivity contribution in [2.75, 3.05) is 18.5 Å². The number of carbonyl (C=O) groups excluding carboxylic acids is 1. The highest BCUT2D eigenvalue weighted by Gasteiger charge is 2.19. The van der Waals surface area contributed by atoms with E-state index in [0.717, 1.165) is 23.3 Å². The number of aryl methyl sites for hydroxylation is 1. The van der Waals surface area contributed by atoms with Gasteiger partial charge in [-0.1, -0.05) is 19.9 Å². The molecule has 30 heavy (non-hydrogen) atoms. The van der Waals surface area contributed by atoms with E-state index in [-0.39, 0.29) is 5.82 Å². The summed E-state index contributed by atoms with van der Waals surface area (Å²) in [6.45, 7) is 6.88. The fourth-order valence-corrected chi connectivity index (χ4v) is 2.89. The van der Waals surface area contributed by atoms with E-state index in [0.29, 0.717) is 30.4 Å². The average molecular weight is 413 g/mol. The highest BCUT2D eigenvalue weighted by molar-refractivity contribution is 6.04. The van der Waals surface area contributed by atoms with Crippen LogP contribution in [0.25, 0.3) is 11.3 Å². The van der Waals surface area contributed by atoms with E-state index in [4.69, 9.17) is 9.47 Å². The predicted octanol–water partition coefficient (Wildman–Crippen LogP) is 4.78. The van der Waals surface area contributed by atoms with Gasteiger partial charge in [-0.2, -0.15) is 0 Å². The number of ether oxygens (including phenoxy) is 2. The van der Waals surface area contributed by atoms with Gasteiger partial charge in [0.1, 0.15) is 30.4 Å². The van der Waals surface area contributed by atoms with Crippen LogP contribution in [0.3, 0.4) is 0 Å². The van der Waals surface area contributed by atoms with Gasteiger partial charge in [0.05, 0.1) is 18.1 Å². The molecule has 2 heterocycles. The summed E-state index contributed by atoms with van der Waals surface area (Å²) in [4.78, 5) is 20.5. The molecule has 8 heteroatoms. The molecule has 1 N–H and O–H groups in total. The van der Waals surface area contributed by atoms with Gasteiger partial charge in [0.2, 0.25) is 0 Å². The molecular formula is C22H21F2N3O3. The number of amides is 1. The summed E-state index contributed by atoms with van der Waals surface area (Å²) in [6.07, 6.45) is 2.79. The maximum absolute atomic E-state index is 13.7. The monoisotopic (exact) mass is 413 g/mol. The van der Waals surface area contributed by atoms with Gasteiger partial charge in [-0.3, -0.25) is 9.78 Å². The van der Waals surface area contributed by atoms with Crippen molar-refractivity contribution in [3.63, 3.8) is 0 Å². The maximum Gasteiger partial charge on any atom is 0.262 e.